The van der Waals surface area contributed by atoms with E-state index in [4.69, 9.17) is 15.2 Å². The van der Waals surface area contributed by atoms with E-state index in [1.165, 1.54) is 0 Å². The maximum atomic E-state index is 9.52. The molecular formula is C23H34IN7O2. The first-order valence-corrected chi connectivity index (χ1v) is 11.2. The van der Waals surface area contributed by atoms with Crippen LogP contribution in [0.25, 0.3) is 5.69 Å². The molecule has 0 amide bonds. The van der Waals surface area contributed by atoms with Crippen molar-refractivity contribution in [2.75, 3.05) is 45.7 Å². The second kappa shape index (κ2) is 14.7. The summed E-state index contributed by atoms with van der Waals surface area (Å²) in [6, 6.07) is 11.8. The third-order valence-electron chi connectivity index (χ3n) is 5.30. The number of nitrogens with one attached hydrogen (secondary N) is 2. The molecule has 4 N–H and O–H groups in total. The predicted octanol–water partition coefficient (Wildman–Crippen LogP) is 2.63. The molecule has 3 rings (SSSR count). The maximum Gasteiger partial charge on any atom is 0.190 e. The summed E-state index contributed by atoms with van der Waals surface area (Å²) in [5.74, 6) is 1.12. The van der Waals surface area contributed by atoms with Crippen LogP contribution in [0.4, 0.5) is 5.82 Å². The number of halogens is 1. The molecule has 9 nitrogen and oxygen atoms in total. The zero-order valence-corrected chi connectivity index (χ0v) is 21.5. The Morgan fingerprint density at radius 1 is 1.30 bits per heavy atom. The van der Waals surface area contributed by atoms with Gasteiger partial charge in [-0.3, -0.25) is 4.99 Å². The smallest absolute Gasteiger partial charge is 0.190 e. The Morgan fingerprint density at radius 2 is 2.06 bits per heavy atom. The number of ether oxygens (including phenoxy) is 2. The van der Waals surface area contributed by atoms with Crippen molar-refractivity contribution >= 4 is 35.8 Å². The fourth-order valence-corrected chi connectivity index (χ4v) is 3.60. The first kappa shape index (κ1) is 26.9. The molecule has 0 bridgehead atoms. The number of rotatable bonds is 11. The number of guanidine groups is 1. The average molecular weight is 567 g/mol. The summed E-state index contributed by atoms with van der Waals surface area (Å²) >= 11 is 0. The van der Waals surface area contributed by atoms with E-state index in [-0.39, 0.29) is 30.1 Å². The lowest BCUT2D eigenvalue weighted by Gasteiger charge is -2.13. The van der Waals surface area contributed by atoms with Crippen LogP contribution in [0.3, 0.4) is 0 Å². The highest BCUT2D eigenvalue weighted by atomic mass is 127. The topological polar surface area (TPSA) is 123 Å². The first-order chi connectivity index (χ1) is 15.7. The lowest BCUT2D eigenvalue weighted by molar-refractivity contribution is 0.0168. The fraction of sp³-hybridized carbons (Fsp3) is 0.522. The van der Waals surface area contributed by atoms with Gasteiger partial charge in [0.15, 0.2) is 5.96 Å². The highest BCUT2D eigenvalue weighted by Gasteiger charge is 2.16. The van der Waals surface area contributed by atoms with E-state index >= 15 is 0 Å². The zero-order valence-electron chi connectivity index (χ0n) is 19.1. The molecule has 1 fully saturated rings. The van der Waals surface area contributed by atoms with Gasteiger partial charge < -0.3 is 25.8 Å². The standard InChI is InChI=1S/C23H33N7O2.HI/c1-26-23(28-13-7-14-31-17-19-10-6-15-32-19)27-12-5-11-21-20(16-24)22(25)30(29-21)18-8-3-2-4-9-18;/h2-4,8-9,19H,5-7,10-15,17,25H2,1H3,(H2,26,27,28);1H. The van der Waals surface area contributed by atoms with Crippen LogP contribution in [0.2, 0.25) is 0 Å². The minimum atomic E-state index is 0. The number of nitriles is 1. The number of hydrogen-bond donors (Lipinski definition) is 3. The summed E-state index contributed by atoms with van der Waals surface area (Å²) in [5, 5.41) is 20.7. The zero-order chi connectivity index (χ0) is 22.6. The molecule has 2 aromatic rings. The second-order valence-corrected chi connectivity index (χ2v) is 7.66. The Hall–Kier alpha value is -2.36. The maximum absolute atomic E-state index is 9.52. The summed E-state index contributed by atoms with van der Waals surface area (Å²) in [6.07, 6.45) is 4.85. The molecule has 0 radical (unpaired) electrons. The Bertz CT molecular complexity index is 906. The van der Waals surface area contributed by atoms with Crippen molar-refractivity contribution in [3.63, 3.8) is 0 Å². The number of para-hydroxylation sites is 1. The highest BCUT2D eigenvalue weighted by Crippen LogP contribution is 2.21. The van der Waals surface area contributed by atoms with E-state index in [2.05, 4.69) is 26.8 Å². The van der Waals surface area contributed by atoms with Gasteiger partial charge in [0.2, 0.25) is 0 Å². The summed E-state index contributed by atoms with van der Waals surface area (Å²) in [6.45, 7) is 3.73. The van der Waals surface area contributed by atoms with Gasteiger partial charge in [0.1, 0.15) is 17.5 Å². The molecule has 1 unspecified atom stereocenters. The number of anilines is 1. The summed E-state index contributed by atoms with van der Waals surface area (Å²) in [4.78, 5) is 4.25. The molecule has 1 saturated heterocycles. The van der Waals surface area contributed by atoms with Crippen molar-refractivity contribution < 1.29 is 9.47 Å². The van der Waals surface area contributed by atoms with E-state index in [1.807, 2.05) is 30.3 Å². The van der Waals surface area contributed by atoms with Crippen molar-refractivity contribution in [2.45, 2.75) is 38.2 Å². The molecule has 0 saturated carbocycles. The highest BCUT2D eigenvalue weighted by molar-refractivity contribution is 14.0. The quantitative estimate of drug-likeness (QED) is 0.165. The van der Waals surface area contributed by atoms with Crippen molar-refractivity contribution in [2.24, 2.45) is 4.99 Å². The van der Waals surface area contributed by atoms with Gasteiger partial charge in [0, 0.05) is 33.4 Å². The molecule has 0 spiro atoms. The fourth-order valence-electron chi connectivity index (χ4n) is 3.60. The van der Waals surface area contributed by atoms with Gasteiger partial charge in [-0.1, -0.05) is 18.2 Å². The van der Waals surface area contributed by atoms with Crippen LogP contribution in [0.1, 0.15) is 36.9 Å². The molecule has 1 atom stereocenters. The molecule has 1 aliphatic heterocycles. The number of benzene rings is 1. The number of nitrogen functional groups attached to an aromatic ring is 1. The number of aliphatic imine (C=N–C) groups is 1. The predicted molar refractivity (Wildman–Crippen MR) is 140 cm³/mol. The molecular weight excluding hydrogens is 533 g/mol. The lowest BCUT2D eigenvalue weighted by Crippen LogP contribution is -2.38. The van der Waals surface area contributed by atoms with E-state index in [0.29, 0.717) is 43.3 Å². The number of nitrogens with two attached hydrogens (primary N) is 1. The molecule has 180 valence electrons. The van der Waals surface area contributed by atoms with Crippen LogP contribution in [0.5, 0.6) is 0 Å². The average Bonchev–Trinajstić information content (AvgIpc) is 3.45. The lowest BCUT2D eigenvalue weighted by atomic mass is 10.1. The van der Waals surface area contributed by atoms with Gasteiger partial charge in [0.25, 0.3) is 0 Å². The molecule has 1 aromatic carbocycles. The number of aromatic nitrogens is 2. The molecule has 33 heavy (non-hydrogen) atoms. The van der Waals surface area contributed by atoms with Crippen LogP contribution in [0, 0.1) is 11.3 Å². The van der Waals surface area contributed by atoms with Crippen molar-refractivity contribution in [1.82, 2.24) is 20.4 Å². The first-order valence-electron chi connectivity index (χ1n) is 11.2. The van der Waals surface area contributed by atoms with Gasteiger partial charge in [-0.2, -0.15) is 10.4 Å². The minimum absolute atomic E-state index is 0. The van der Waals surface area contributed by atoms with Crippen molar-refractivity contribution in [3.05, 3.63) is 41.6 Å². The van der Waals surface area contributed by atoms with Gasteiger partial charge in [0.05, 0.1) is 24.1 Å². The Kier molecular flexibility index (Phi) is 12.0. The second-order valence-electron chi connectivity index (χ2n) is 7.66. The van der Waals surface area contributed by atoms with Crippen molar-refractivity contribution in [3.8, 4) is 11.8 Å². The van der Waals surface area contributed by atoms with Gasteiger partial charge in [-0.05, 0) is 44.2 Å². The largest absolute Gasteiger partial charge is 0.382 e. The Balaban J connectivity index is 0.00000385. The van der Waals surface area contributed by atoms with E-state index < -0.39 is 0 Å². The van der Waals surface area contributed by atoms with E-state index in [1.54, 1.807) is 11.7 Å². The van der Waals surface area contributed by atoms with Gasteiger partial charge in [-0.15, -0.1) is 24.0 Å². The minimum Gasteiger partial charge on any atom is -0.382 e. The number of nitrogens with zero attached hydrogens (tertiary/aromatic N) is 4. The molecule has 1 aliphatic rings. The number of hydrogen-bond acceptors (Lipinski definition) is 6. The molecule has 10 heteroatoms. The summed E-state index contributed by atoms with van der Waals surface area (Å²) < 4.78 is 12.8. The third kappa shape index (κ3) is 8.17. The van der Waals surface area contributed by atoms with Crippen LogP contribution >= 0.6 is 24.0 Å². The van der Waals surface area contributed by atoms with E-state index in [9.17, 15) is 5.26 Å². The Labute approximate surface area is 212 Å². The molecule has 0 aliphatic carbocycles. The third-order valence-corrected chi connectivity index (χ3v) is 5.30. The van der Waals surface area contributed by atoms with Crippen LogP contribution in [-0.4, -0.2) is 61.8 Å². The van der Waals surface area contributed by atoms with Crippen molar-refractivity contribution in [1.29, 1.82) is 5.26 Å². The Morgan fingerprint density at radius 3 is 2.73 bits per heavy atom. The SMILES string of the molecule is CN=C(NCCCOCC1CCCO1)NCCCc1nn(-c2ccccc2)c(N)c1C#N.I. The molecule has 1 aromatic heterocycles. The van der Waals surface area contributed by atoms with Gasteiger partial charge >= 0.3 is 0 Å². The summed E-state index contributed by atoms with van der Waals surface area (Å²) in [7, 11) is 1.75. The van der Waals surface area contributed by atoms with Crippen LogP contribution in [-0.2, 0) is 15.9 Å². The van der Waals surface area contributed by atoms with Crippen LogP contribution < -0.4 is 16.4 Å². The van der Waals surface area contributed by atoms with E-state index in [0.717, 1.165) is 50.5 Å². The normalized spacial score (nSPS) is 15.6. The molecule has 2 heterocycles. The number of aryl methyl sites for hydroxylation is 1. The van der Waals surface area contributed by atoms with Crippen LogP contribution in [0.15, 0.2) is 35.3 Å². The summed E-state index contributed by atoms with van der Waals surface area (Å²) in [5.41, 5.74) is 8.16. The monoisotopic (exact) mass is 567 g/mol. The van der Waals surface area contributed by atoms with Gasteiger partial charge in [-0.25, -0.2) is 4.68 Å².